The first-order valence-electron chi connectivity index (χ1n) is 7.51. The number of aliphatic hydroxyl groups excluding tert-OH is 1. The molecule has 0 amide bonds. The molecular formula is C16H23BrN2O. The maximum Gasteiger partial charge on any atom is 0.0593 e. The number of benzene rings is 1. The summed E-state index contributed by atoms with van der Waals surface area (Å²) in [5.74, 6) is 0.466. The van der Waals surface area contributed by atoms with E-state index in [-0.39, 0.29) is 6.61 Å². The van der Waals surface area contributed by atoms with Crippen LogP contribution in [0.1, 0.15) is 24.3 Å². The molecule has 3 rings (SSSR count). The molecule has 2 saturated heterocycles. The van der Waals surface area contributed by atoms with Gasteiger partial charge in [0.2, 0.25) is 0 Å². The second-order valence-electron chi connectivity index (χ2n) is 6.10. The smallest absolute Gasteiger partial charge is 0.0593 e. The fourth-order valence-electron chi connectivity index (χ4n) is 3.80. The molecule has 1 N–H and O–H groups in total. The minimum atomic E-state index is 0.265. The van der Waals surface area contributed by atoms with Crippen molar-refractivity contribution in [2.75, 3.05) is 33.3 Å². The predicted octanol–water partition coefficient (Wildman–Crippen LogP) is 2.30. The second kappa shape index (κ2) is 6.14. The van der Waals surface area contributed by atoms with Gasteiger partial charge in [0.25, 0.3) is 0 Å². The molecule has 1 aromatic rings. The molecule has 20 heavy (non-hydrogen) atoms. The molecular weight excluding hydrogens is 316 g/mol. The monoisotopic (exact) mass is 338 g/mol. The van der Waals surface area contributed by atoms with Crippen molar-refractivity contribution >= 4 is 15.9 Å². The lowest BCUT2D eigenvalue weighted by molar-refractivity contribution is -0.0614. The Kier molecular flexibility index (Phi) is 4.46. The zero-order chi connectivity index (χ0) is 14.1. The third kappa shape index (κ3) is 2.67. The summed E-state index contributed by atoms with van der Waals surface area (Å²) in [6.07, 6.45) is 2.51. The number of hydrogen-bond donors (Lipinski definition) is 1. The minimum Gasteiger partial charge on any atom is -0.395 e. The molecule has 2 heterocycles. The van der Waals surface area contributed by atoms with Crippen LogP contribution in [-0.2, 0) is 0 Å². The van der Waals surface area contributed by atoms with Crippen LogP contribution in [-0.4, -0.2) is 60.3 Å². The molecule has 3 atom stereocenters. The molecule has 0 unspecified atom stereocenters. The SMILES string of the molecule is CN1CCCCN2[C@H](C1)[C@H](c1ccc(Br)cc1)[C@@H]2CO. The highest BCUT2D eigenvalue weighted by atomic mass is 79.9. The standard InChI is InChI=1S/C16H23BrN2O/c1-18-8-2-3-9-19-14(10-18)16(15(19)11-20)12-4-6-13(17)7-5-12/h4-7,14-16,20H,2-3,8-11H2,1H3/t14-,15+,16+/m1/s1. The van der Waals surface area contributed by atoms with Crippen molar-refractivity contribution in [3.63, 3.8) is 0 Å². The van der Waals surface area contributed by atoms with Gasteiger partial charge >= 0.3 is 0 Å². The molecule has 3 nitrogen and oxygen atoms in total. The van der Waals surface area contributed by atoms with Gasteiger partial charge in [-0.05, 0) is 50.7 Å². The quantitative estimate of drug-likeness (QED) is 0.896. The predicted molar refractivity (Wildman–Crippen MR) is 85.0 cm³/mol. The molecule has 110 valence electrons. The van der Waals surface area contributed by atoms with E-state index < -0.39 is 0 Å². The number of fused-ring (bicyclic) bond motifs is 1. The molecule has 4 heteroatoms. The van der Waals surface area contributed by atoms with Gasteiger partial charge in [0, 0.05) is 29.0 Å². The number of halogens is 1. The van der Waals surface area contributed by atoms with E-state index in [9.17, 15) is 5.11 Å². The molecule has 0 aromatic heterocycles. The Morgan fingerprint density at radius 2 is 1.90 bits per heavy atom. The second-order valence-corrected chi connectivity index (χ2v) is 7.02. The first kappa shape index (κ1) is 14.5. The summed E-state index contributed by atoms with van der Waals surface area (Å²) >= 11 is 3.50. The van der Waals surface area contributed by atoms with Crippen LogP contribution in [0.15, 0.2) is 28.7 Å². The highest BCUT2D eigenvalue weighted by Crippen LogP contribution is 2.41. The van der Waals surface area contributed by atoms with Gasteiger partial charge in [-0.3, -0.25) is 4.90 Å². The van der Waals surface area contributed by atoms with Crippen molar-refractivity contribution in [2.45, 2.75) is 30.8 Å². The van der Waals surface area contributed by atoms with Gasteiger partial charge in [0.05, 0.1) is 6.61 Å². The molecule has 2 fully saturated rings. The van der Waals surface area contributed by atoms with E-state index >= 15 is 0 Å². The van der Waals surface area contributed by atoms with Gasteiger partial charge in [-0.25, -0.2) is 0 Å². The van der Waals surface area contributed by atoms with Crippen molar-refractivity contribution in [3.8, 4) is 0 Å². The highest BCUT2D eigenvalue weighted by Gasteiger charge is 2.48. The van der Waals surface area contributed by atoms with E-state index in [0.717, 1.165) is 17.6 Å². The lowest BCUT2D eigenvalue weighted by atomic mass is 9.74. The molecule has 0 saturated carbocycles. The third-order valence-electron chi connectivity index (χ3n) is 4.83. The Balaban J connectivity index is 1.83. The zero-order valence-corrected chi connectivity index (χ0v) is 13.6. The summed E-state index contributed by atoms with van der Waals surface area (Å²) in [6, 6.07) is 9.48. The molecule has 0 radical (unpaired) electrons. The molecule has 0 bridgehead atoms. The van der Waals surface area contributed by atoms with Crippen LogP contribution in [0.25, 0.3) is 0 Å². The maximum atomic E-state index is 9.77. The Bertz CT molecular complexity index is 450. The number of aliphatic hydroxyl groups is 1. The number of rotatable bonds is 2. The van der Waals surface area contributed by atoms with Crippen LogP contribution < -0.4 is 0 Å². The van der Waals surface area contributed by atoms with Gasteiger partial charge in [0.15, 0.2) is 0 Å². The normalized spacial score (nSPS) is 32.0. The molecule has 0 spiro atoms. The molecule has 0 aliphatic carbocycles. The average molecular weight is 339 g/mol. The Labute approximate surface area is 129 Å². The summed E-state index contributed by atoms with van der Waals surface area (Å²) in [5.41, 5.74) is 1.36. The molecule has 1 aromatic carbocycles. The van der Waals surface area contributed by atoms with E-state index in [0.29, 0.717) is 18.0 Å². The summed E-state index contributed by atoms with van der Waals surface area (Å²) in [4.78, 5) is 4.96. The van der Waals surface area contributed by atoms with Crippen molar-refractivity contribution < 1.29 is 5.11 Å². The molecule has 2 aliphatic rings. The summed E-state index contributed by atoms with van der Waals surface area (Å²) in [6.45, 7) is 3.70. The first-order valence-corrected chi connectivity index (χ1v) is 8.30. The van der Waals surface area contributed by atoms with E-state index in [2.05, 4.69) is 57.0 Å². The minimum absolute atomic E-state index is 0.265. The topological polar surface area (TPSA) is 26.7 Å². The first-order chi connectivity index (χ1) is 9.70. The van der Waals surface area contributed by atoms with E-state index in [4.69, 9.17) is 0 Å². The fraction of sp³-hybridized carbons (Fsp3) is 0.625. The van der Waals surface area contributed by atoms with Gasteiger partial charge in [-0.15, -0.1) is 0 Å². The van der Waals surface area contributed by atoms with Crippen molar-refractivity contribution in [1.82, 2.24) is 9.80 Å². The molecule has 2 aliphatic heterocycles. The van der Waals surface area contributed by atoms with Crippen molar-refractivity contribution in [3.05, 3.63) is 34.3 Å². The zero-order valence-electron chi connectivity index (χ0n) is 12.0. The lowest BCUT2D eigenvalue weighted by Crippen LogP contribution is -2.67. The average Bonchev–Trinajstić information content (AvgIpc) is 2.42. The van der Waals surface area contributed by atoms with Gasteiger partial charge < -0.3 is 10.0 Å². The van der Waals surface area contributed by atoms with Crippen LogP contribution in [0.5, 0.6) is 0 Å². The highest BCUT2D eigenvalue weighted by molar-refractivity contribution is 9.10. The van der Waals surface area contributed by atoms with Crippen molar-refractivity contribution in [2.24, 2.45) is 0 Å². The Morgan fingerprint density at radius 1 is 1.20 bits per heavy atom. The summed E-state index contributed by atoms with van der Waals surface area (Å²) < 4.78 is 1.12. The van der Waals surface area contributed by atoms with Crippen molar-refractivity contribution in [1.29, 1.82) is 0 Å². The van der Waals surface area contributed by atoms with E-state index in [1.54, 1.807) is 0 Å². The van der Waals surface area contributed by atoms with E-state index in [1.807, 2.05) is 0 Å². The van der Waals surface area contributed by atoms with Gasteiger partial charge in [0.1, 0.15) is 0 Å². The van der Waals surface area contributed by atoms with Crippen LogP contribution in [0.3, 0.4) is 0 Å². The van der Waals surface area contributed by atoms with Crippen LogP contribution in [0, 0.1) is 0 Å². The Hall–Kier alpha value is -0.420. The Morgan fingerprint density at radius 3 is 2.60 bits per heavy atom. The maximum absolute atomic E-state index is 9.77. The van der Waals surface area contributed by atoms with Crippen LogP contribution >= 0.6 is 15.9 Å². The fourth-order valence-corrected chi connectivity index (χ4v) is 4.06. The largest absolute Gasteiger partial charge is 0.395 e. The number of hydrogen-bond acceptors (Lipinski definition) is 3. The number of likely N-dealkylation sites (N-methyl/N-ethyl adjacent to an activating group) is 1. The van der Waals surface area contributed by atoms with Crippen LogP contribution in [0.2, 0.25) is 0 Å². The number of nitrogens with zero attached hydrogens (tertiary/aromatic N) is 2. The lowest BCUT2D eigenvalue weighted by Gasteiger charge is -2.57. The summed E-state index contributed by atoms with van der Waals surface area (Å²) in [7, 11) is 2.22. The van der Waals surface area contributed by atoms with Crippen LogP contribution in [0.4, 0.5) is 0 Å². The van der Waals surface area contributed by atoms with E-state index in [1.165, 1.54) is 24.9 Å². The third-order valence-corrected chi connectivity index (χ3v) is 5.36. The van der Waals surface area contributed by atoms with Gasteiger partial charge in [-0.1, -0.05) is 28.1 Å². The van der Waals surface area contributed by atoms with Gasteiger partial charge in [-0.2, -0.15) is 0 Å². The summed E-state index contributed by atoms with van der Waals surface area (Å²) in [5, 5.41) is 9.77.